The lowest BCUT2D eigenvalue weighted by Crippen LogP contribution is -2.07. The van der Waals surface area contributed by atoms with Crippen molar-refractivity contribution in [3.8, 4) is 5.75 Å². The van der Waals surface area contributed by atoms with Gasteiger partial charge in [-0.3, -0.25) is 0 Å². The number of ether oxygens (including phenoxy) is 1. The van der Waals surface area contributed by atoms with Crippen molar-refractivity contribution in [3.63, 3.8) is 0 Å². The van der Waals surface area contributed by atoms with E-state index in [4.69, 9.17) is 27.9 Å². The average molecular weight is 714 g/mol. The Hall–Kier alpha value is -3.70. The lowest BCUT2D eigenvalue weighted by atomic mass is 10.2. The Morgan fingerprint density at radius 2 is 1.29 bits per heavy atom. The first-order valence-electron chi connectivity index (χ1n) is 12.2. The highest BCUT2D eigenvalue weighted by Crippen LogP contribution is 2.35. The van der Waals surface area contributed by atoms with E-state index in [9.17, 15) is 0 Å². The molecule has 0 spiro atoms. The van der Waals surface area contributed by atoms with Crippen molar-refractivity contribution >= 4 is 90.5 Å². The maximum absolute atomic E-state index is 6.27. The quantitative estimate of drug-likeness (QED) is 0.0981. The van der Waals surface area contributed by atoms with Crippen molar-refractivity contribution in [1.29, 1.82) is 0 Å². The molecular weight excluding hydrogens is 693 g/mol. The lowest BCUT2D eigenvalue weighted by Gasteiger charge is -2.12. The fourth-order valence-corrected chi connectivity index (χ4v) is 5.50. The van der Waals surface area contributed by atoms with Crippen molar-refractivity contribution in [2.24, 2.45) is 5.10 Å². The maximum atomic E-state index is 6.27. The first kappa shape index (κ1) is 28.8. The van der Waals surface area contributed by atoms with Crippen LogP contribution in [0.3, 0.4) is 0 Å². The van der Waals surface area contributed by atoms with Crippen molar-refractivity contribution in [3.05, 3.63) is 121 Å². The monoisotopic (exact) mass is 711 g/mol. The normalized spacial score (nSPS) is 10.9. The zero-order valence-electron chi connectivity index (χ0n) is 21.2. The summed E-state index contributed by atoms with van der Waals surface area (Å²) in [5.41, 5.74) is 6.20. The van der Waals surface area contributed by atoms with Crippen molar-refractivity contribution in [2.75, 3.05) is 16.1 Å². The van der Waals surface area contributed by atoms with Crippen LogP contribution in [0, 0.1) is 0 Å². The number of nitrogens with zero attached hydrogens (tertiary/aromatic N) is 4. The Balaban J connectivity index is 1.31. The Kier molecular flexibility index (Phi) is 9.68. The molecule has 1 aromatic heterocycles. The minimum absolute atomic E-state index is 0.256. The van der Waals surface area contributed by atoms with E-state index in [1.54, 1.807) is 18.3 Å². The number of aromatic nitrogens is 3. The molecule has 0 saturated heterocycles. The molecule has 0 fully saturated rings. The zero-order chi connectivity index (χ0) is 28.6. The third-order valence-corrected chi connectivity index (χ3v) is 7.25. The summed E-state index contributed by atoms with van der Waals surface area (Å²) < 4.78 is 7.48. The van der Waals surface area contributed by atoms with Crippen LogP contribution in [-0.4, -0.2) is 21.2 Å². The third kappa shape index (κ3) is 8.17. The molecule has 5 aromatic rings. The van der Waals surface area contributed by atoms with Gasteiger partial charge >= 0.3 is 0 Å². The summed E-state index contributed by atoms with van der Waals surface area (Å²) in [4.78, 5) is 13.4. The second-order valence-electron chi connectivity index (χ2n) is 8.50. The van der Waals surface area contributed by atoms with E-state index in [0.29, 0.717) is 27.7 Å². The Labute approximate surface area is 263 Å². The third-order valence-electron chi connectivity index (χ3n) is 5.48. The van der Waals surface area contributed by atoms with Gasteiger partial charge in [-0.15, -0.1) is 0 Å². The SMILES string of the molecule is Clc1ccc(COc2c(Br)cc(/C=N/Nc3nc(Nc4ccccc4)nc(Nc4ccccc4)n3)cc2Br)c(Cl)c1. The molecular formula is C29H21Br2Cl2N7O. The summed E-state index contributed by atoms with van der Waals surface area (Å²) in [7, 11) is 0. The minimum atomic E-state index is 0.256. The summed E-state index contributed by atoms with van der Waals surface area (Å²) in [5.74, 6) is 1.60. The van der Waals surface area contributed by atoms with Crippen LogP contribution < -0.4 is 20.8 Å². The van der Waals surface area contributed by atoms with E-state index in [1.165, 1.54) is 0 Å². The Morgan fingerprint density at radius 1 is 0.732 bits per heavy atom. The van der Waals surface area contributed by atoms with Gasteiger partial charge in [0.2, 0.25) is 17.8 Å². The Morgan fingerprint density at radius 3 is 1.85 bits per heavy atom. The van der Waals surface area contributed by atoms with E-state index in [0.717, 1.165) is 31.4 Å². The number of rotatable bonds is 10. The molecule has 0 amide bonds. The van der Waals surface area contributed by atoms with Crippen molar-refractivity contribution in [1.82, 2.24) is 15.0 Å². The standard InChI is InChI=1S/C29H21Br2Cl2N7O/c30-23-13-18(14-24(31)26(23)41-17-19-11-12-20(32)15-25(19)33)16-34-40-29-38-27(35-21-7-3-1-4-8-21)37-28(39-29)36-22-9-5-2-6-10-22/h1-16H,17H2,(H3,35,36,37,38,39,40)/b34-16+. The average Bonchev–Trinajstić information content (AvgIpc) is 2.95. The van der Waals surface area contributed by atoms with Gasteiger partial charge in [0.15, 0.2) is 0 Å². The van der Waals surface area contributed by atoms with Gasteiger partial charge in [-0.05, 0) is 86.0 Å². The number of anilines is 5. The molecule has 206 valence electrons. The maximum Gasteiger partial charge on any atom is 0.250 e. The first-order chi connectivity index (χ1) is 19.9. The highest BCUT2D eigenvalue weighted by molar-refractivity contribution is 9.11. The molecule has 0 unspecified atom stereocenters. The van der Waals surface area contributed by atoms with Gasteiger partial charge < -0.3 is 15.4 Å². The molecule has 8 nitrogen and oxygen atoms in total. The molecule has 0 saturated carbocycles. The largest absolute Gasteiger partial charge is 0.486 e. The van der Waals surface area contributed by atoms with E-state index >= 15 is 0 Å². The molecule has 12 heteroatoms. The van der Waals surface area contributed by atoms with E-state index < -0.39 is 0 Å². The van der Waals surface area contributed by atoms with Gasteiger partial charge in [-0.1, -0.05) is 65.7 Å². The number of halogens is 4. The number of nitrogens with one attached hydrogen (secondary N) is 3. The molecule has 0 aliphatic heterocycles. The van der Waals surface area contributed by atoms with Gasteiger partial charge in [0, 0.05) is 27.0 Å². The van der Waals surface area contributed by atoms with E-state index in [1.807, 2.05) is 78.9 Å². The first-order valence-corrected chi connectivity index (χ1v) is 14.5. The molecule has 4 aromatic carbocycles. The smallest absolute Gasteiger partial charge is 0.250 e. The summed E-state index contributed by atoms with van der Waals surface area (Å²) in [6.07, 6.45) is 1.65. The summed E-state index contributed by atoms with van der Waals surface area (Å²) in [6.45, 7) is 0.278. The minimum Gasteiger partial charge on any atom is -0.486 e. The van der Waals surface area contributed by atoms with Gasteiger partial charge in [-0.2, -0.15) is 20.1 Å². The van der Waals surface area contributed by atoms with E-state index in [-0.39, 0.29) is 12.6 Å². The summed E-state index contributed by atoms with van der Waals surface area (Å²) in [6, 6.07) is 28.3. The van der Waals surface area contributed by atoms with Gasteiger partial charge in [0.05, 0.1) is 15.2 Å². The topological polar surface area (TPSA) is 96.4 Å². The zero-order valence-corrected chi connectivity index (χ0v) is 25.8. The van der Waals surface area contributed by atoms with Crippen molar-refractivity contribution < 1.29 is 4.74 Å². The molecule has 0 aliphatic carbocycles. The fraction of sp³-hybridized carbons (Fsp3) is 0.0345. The molecule has 41 heavy (non-hydrogen) atoms. The number of benzene rings is 4. The number of hydrogen-bond donors (Lipinski definition) is 3. The van der Waals surface area contributed by atoms with Crippen molar-refractivity contribution in [2.45, 2.75) is 6.61 Å². The van der Waals surface area contributed by atoms with Crippen LogP contribution in [-0.2, 0) is 6.61 Å². The van der Waals surface area contributed by atoms with Crippen LogP contribution in [0.1, 0.15) is 11.1 Å². The molecule has 1 heterocycles. The predicted octanol–water partition coefficient (Wildman–Crippen LogP) is 9.22. The molecule has 0 bridgehead atoms. The highest BCUT2D eigenvalue weighted by atomic mass is 79.9. The van der Waals surface area contributed by atoms with Crippen LogP contribution in [0.4, 0.5) is 29.2 Å². The Bertz CT molecular complexity index is 1590. The molecule has 0 aliphatic rings. The van der Waals surface area contributed by atoms with Gasteiger partial charge in [0.1, 0.15) is 12.4 Å². The summed E-state index contributed by atoms with van der Waals surface area (Å²) >= 11 is 19.4. The van der Waals surface area contributed by atoms with Crippen LogP contribution in [0.2, 0.25) is 10.0 Å². The second kappa shape index (κ2) is 13.8. The van der Waals surface area contributed by atoms with Gasteiger partial charge in [0.25, 0.3) is 0 Å². The molecule has 0 radical (unpaired) electrons. The lowest BCUT2D eigenvalue weighted by molar-refractivity contribution is 0.302. The molecule has 5 rings (SSSR count). The van der Waals surface area contributed by atoms with Crippen LogP contribution >= 0.6 is 55.1 Å². The molecule has 3 N–H and O–H groups in total. The van der Waals surface area contributed by atoms with Crippen LogP contribution in [0.5, 0.6) is 5.75 Å². The second-order valence-corrected chi connectivity index (χ2v) is 11.0. The fourth-order valence-electron chi connectivity index (χ4n) is 3.58. The van der Waals surface area contributed by atoms with E-state index in [2.05, 4.69) is 68.0 Å². The highest BCUT2D eigenvalue weighted by Gasteiger charge is 2.11. The van der Waals surface area contributed by atoms with Crippen LogP contribution in [0.15, 0.2) is 105 Å². The predicted molar refractivity (Wildman–Crippen MR) is 173 cm³/mol. The number of para-hydroxylation sites is 2. The van der Waals surface area contributed by atoms with Crippen LogP contribution in [0.25, 0.3) is 0 Å². The molecule has 0 atom stereocenters. The summed E-state index contributed by atoms with van der Waals surface area (Å²) in [5, 5.41) is 11.8. The van der Waals surface area contributed by atoms with Gasteiger partial charge in [-0.25, -0.2) is 5.43 Å². The number of hydrogen-bond acceptors (Lipinski definition) is 8. The number of hydrazone groups is 1.